The van der Waals surface area contributed by atoms with Crippen LogP contribution >= 0.6 is 0 Å². The van der Waals surface area contributed by atoms with Gasteiger partial charge in [-0.05, 0) is 33.7 Å². The molecule has 3 N–H and O–H groups in total. The zero-order valence-electron chi connectivity index (χ0n) is 9.14. The number of nitrogens with one attached hydrogen (secondary N) is 1. The highest BCUT2D eigenvalue weighted by Gasteiger charge is 2.24. The second kappa shape index (κ2) is 4.40. The van der Waals surface area contributed by atoms with Crippen molar-refractivity contribution in [2.45, 2.75) is 38.8 Å². The third-order valence-corrected chi connectivity index (χ3v) is 2.55. The van der Waals surface area contributed by atoms with Gasteiger partial charge in [-0.15, -0.1) is 0 Å². The van der Waals surface area contributed by atoms with Gasteiger partial charge in [0.1, 0.15) is 0 Å². The molecule has 0 aromatic heterocycles. The standard InChI is InChI=1S/C10H23N3/c1-9(11)4-6-13-7-5-12-10(2,3)8-13/h9,12H,4-8,11H2,1-3H3. The first-order chi connectivity index (χ1) is 5.99. The van der Waals surface area contributed by atoms with Crippen LogP contribution in [-0.4, -0.2) is 42.7 Å². The number of hydrogen-bond acceptors (Lipinski definition) is 3. The van der Waals surface area contributed by atoms with E-state index in [2.05, 4.69) is 31.0 Å². The lowest BCUT2D eigenvalue weighted by Crippen LogP contribution is -2.57. The molecule has 3 heteroatoms. The van der Waals surface area contributed by atoms with E-state index in [0.29, 0.717) is 6.04 Å². The number of hydrogen-bond donors (Lipinski definition) is 2. The Morgan fingerprint density at radius 2 is 2.23 bits per heavy atom. The first-order valence-electron chi connectivity index (χ1n) is 5.22. The maximum atomic E-state index is 5.73. The van der Waals surface area contributed by atoms with Gasteiger partial charge < -0.3 is 16.0 Å². The molecule has 1 heterocycles. The minimum absolute atomic E-state index is 0.274. The Labute approximate surface area is 81.7 Å². The SMILES string of the molecule is CC(N)CCN1CCNC(C)(C)C1. The van der Waals surface area contributed by atoms with Crippen molar-refractivity contribution in [3.05, 3.63) is 0 Å². The second-order valence-electron chi connectivity index (χ2n) is 4.85. The monoisotopic (exact) mass is 185 g/mol. The summed E-state index contributed by atoms with van der Waals surface area (Å²) < 4.78 is 0. The Bertz CT molecular complexity index is 154. The predicted octanol–water partition coefficient (Wildman–Crippen LogP) is 0.408. The number of nitrogens with zero attached hydrogens (tertiary/aromatic N) is 1. The minimum atomic E-state index is 0.274. The molecule has 1 aliphatic rings. The van der Waals surface area contributed by atoms with Gasteiger partial charge in [0, 0.05) is 31.2 Å². The van der Waals surface area contributed by atoms with Gasteiger partial charge in [0.25, 0.3) is 0 Å². The third kappa shape index (κ3) is 4.07. The van der Waals surface area contributed by atoms with Gasteiger partial charge in [0.2, 0.25) is 0 Å². The van der Waals surface area contributed by atoms with Crippen LogP contribution in [0.3, 0.4) is 0 Å². The van der Waals surface area contributed by atoms with Crippen LogP contribution in [0.25, 0.3) is 0 Å². The van der Waals surface area contributed by atoms with Crippen molar-refractivity contribution in [3.8, 4) is 0 Å². The summed E-state index contributed by atoms with van der Waals surface area (Å²) in [5, 5.41) is 3.50. The van der Waals surface area contributed by atoms with Gasteiger partial charge in [0.05, 0.1) is 0 Å². The molecule has 0 aromatic rings. The van der Waals surface area contributed by atoms with Crippen molar-refractivity contribution < 1.29 is 0 Å². The first-order valence-corrected chi connectivity index (χ1v) is 5.22. The Kier molecular flexibility index (Phi) is 3.71. The van der Waals surface area contributed by atoms with E-state index in [9.17, 15) is 0 Å². The first kappa shape index (κ1) is 11.0. The summed E-state index contributed by atoms with van der Waals surface area (Å²) in [7, 11) is 0. The van der Waals surface area contributed by atoms with Gasteiger partial charge in [-0.2, -0.15) is 0 Å². The predicted molar refractivity (Wildman–Crippen MR) is 56.8 cm³/mol. The summed E-state index contributed by atoms with van der Waals surface area (Å²) in [6.07, 6.45) is 1.11. The molecule has 13 heavy (non-hydrogen) atoms. The van der Waals surface area contributed by atoms with Crippen molar-refractivity contribution in [3.63, 3.8) is 0 Å². The fourth-order valence-electron chi connectivity index (χ4n) is 1.82. The topological polar surface area (TPSA) is 41.3 Å². The van der Waals surface area contributed by atoms with Crippen LogP contribution in [0.2, 0.25) is 0 Å². The van der Waals surface area contributed by atoms with Crippen molar-refractivity contribution in [2.24, 2.45) is 5.73 Å². The molecule has 78 valence electrons. The van der Waals surface area contributed by atoms with E-state index in [1.54, 1.807) is 0 Å². The fourth-order valence-corrected chi connectivity index (χ4v) is 1.82. The van der Waals surface area contributed by atoms with E-state index in [-0.39, 0.29) is 5.54 Å². The average molecular weight is 185 g/mol. The Balaban J connectivity index is 2.26. The highest BCUT2D eigenvalue weighted by Crippen LogP contribution is 2.10. The second-order valence-corrected chi connectivity index (χ2v) is 4.85. The van der Waals surface area contributed by atoms with Crippen LogP contribution in [0, 0.1) is 0 Å². The Hall–Kier alpha value is -0.120. The van der Waals surface area contributed by atoms with Crippen LogP contribution in [0.1, 0.15) is 27.2 Å². The highest BCUT2D eigenvalue weighted by atomic mass is 15.2. The van der Waals surface area contributed by atoms with Crippen LogP contribution in [0.4, 0.5) is 0 Å². The molecular formula is C10H23N3. The van der Waals surface area contributed by atoms with Gasteiger partial charge in [0.15, 0.2) is 0 Å². The number of nitrogens with two attached hydrogens (primary N) is 1. The molecule has 0 aliphatic carbocycles. The van der Waals surface area contributed by atoms with E-state index in [1.165, 1.54) is 0 Å². The van der Waals surface area contributed by atoms with E-state index < -0.39 is 0 Å². The van der Waals surface area contributed by atoms with Crippen LogP contribution < -0.4 is 11.1 Å². The fraction of sp³-hybridized carbons (Fsp3) is 1.00. The zero-order valence-corrected chi connectivity index (χ0v) is 9.14. The van der Waals surface area contributed by atoms with Gasteiger partial charge >= 0.3 is 0 Å². The molecule has 1 fully saturated rings. The van der Waals surface area contributed by atoms with E-state index >= 15 is 0 Å². The van der Waals surface area contributed by atoms with Crippen LogP contribution in [0.5, 0.6) is 0 Å². The van der Waals surface area contributed by atoms with E-state index in [0.717, 1.165) is 32.6 Å². The molecule has 0 aromatic carbocycles. The van der Waals surface area contributed by atoms with Crippen LogP contribution in [-0.2, 0) is 0 Å². The van der Waals surface area contributed by atoms with Gasteiger partial charge in [-0.25, -0.2) is 0 Å². The molecule has 0 radical (unpaired) electrons. The largest absolute Gasteiger partial charge is 0.328 e. The number of piperazine rings is 1. The normalized spacial score (nSPS) is 25.8. The molecule has 1 unspecified atom stereocenters. The third-order valence-electron chi connectivity index (χ3n) is 2.55. The van der Waals surface area contributed by atoms with Crippen molar-refractivity contribution >= 4 is 0 Å². The molecule has 1 atom stereocenters. The minimum Gasteiger partial charge on any atom is -0.328 e. The lowest BCUT2D eigenvalue weighted by atomic mass is 10.0. The Morgan fingerprint density at radius 3 is 2.77 bits per heavy atom. The maximum Gasteiger partial charge on any atom is 0.0252 e. The lowest BCUT2D eigenvalue weighted by Gasteiger charge is -2.39. The van der Waals surface area contributed by atoms with E-state index in [1.807, 2.05) is 0 Å². The summed E-state index contributed by atoms with van der Waals surface area (Å²) in [6.45, 7) is 11.1. The zero-order chi connectivity index (χ0) is 9.90. The molecular weight excluding hydrogens is 162 g/mol. The highest BCUT2D eigenvalue weighted by molar-refractivity contribution is 4.86. The molecule has 0 saturated carbocycles. The summed E-state index contributed by atoms with van der Waals surface area (Å²) in [5.74, 6) is 0. The van der Waals surface area contributed by atoms with E-state index in [4.69, 9.17) is 5.73 Å². The lowest BCUT2D eigenvalue weighted by molar-refractivity contribution is 0.151. The van der Waals surface area contributed by atoms with Gasteiger partial charge in [-0.1, -0.05) is 0 Å². The Morgan fingerprint density at radius 1 is 1.54 bits per heavy atom. The van der Waals surface area contributed by atoms with Crippen LogP contribution in [0.15, 0.2) is 0 Å². The molecule has 1 rings (SSSR count). The van der Waals surface area contributed by atoms with Crippen molar-refractivity contribution in [1.29, 1.82) is 0 Å². The molecule has 0 spiro atoms. The summed E-state index contributed by atoms with van der Waals surface area (Å²) >= 11 is 0. The molecule has 0 bridgehead atoms. The summed E-state index contributed by atoms with van der Waals surface area (Å²) in [6, 6.07) is 0.331. The molecule has 1 aliphatic heterocycles. The quantitative estimate of drug-likeness (QED) is 0.669. The summed E-state index contributed by atoms with van der Waals surface area (Å²) in [5.41, 5.74) is 6.01. The average Bonchev–Trinajstić information content (AvgIpc) is 1.99. The van der Waals surface area contributed by atoms with Crippen molar-refractivity contribution in [1.82, 2.24) is 10.2 Å². The molecule has 1 saturated heterocycles. The smallest absolute Gasteiger partial charge is 0.0252 e. The number of rotatable bonds is 3. The maximum absolute atomic E-state index is 5.73. The van der Waals surface area contributed by atoms with Gasteiger partial charge in [-0.3, -0.25) is 0 Å². The summed E-state index contributed by atoms with van der Waals surface area (Å²) in [4.78, 5) is 2.50. The van der Waals surface area contributed by atoms with Crippen molar-refractivity contribution in [2.75, 3.05) is 26.2 Å². The molecule has 0 amide bonds. The molecule has 3 nitrogen and oxygen atoms in total.